The zero-order chi connectivity index (χ0) is 18.5. The van der Waals surface area contributed by atoms with Gasteiger partial charge in [-0.1, -0.05) is 35.9 Å². The second-order valence-corrected chi connectivity index (χ2v) is 6.42. The van der Waals surface area contributed by atoms with Crippen LogP contribution in [0.3, 0.4) is 0 Å². The van der Waals surface area contributed by atoms with Gasteiger partial charge in [0.15, 0.2) is 0 Å². The number of carbonyl (C=O) groups is 1. The molecule has 26 heavy (non-hydrogen) atoms. The molecule has 3 aromatic rings. The Morgan fingerprint density at radius 1 is 1.04 bits per heavy atom. The van der Waals surface area contributed by atoms with Crippen LogP contribution < -0.4 is 10.6 Å². The van der Waals surface area contributed by atoms with Gasteiger partial charge in [0.25, 0.3) is 5.91 Å². The molecule has 5 nitrogen and oxygen atoms in total. The van der Waals surface area contributed by atoms with Crippen molar-refractivity contribution in [3.8, 4) is 0 Å². The molecule has 0 saturated carbocycles. The third-order valence-electron chi connectivity index (χ3n) is 4.05. The molecule has 1 amide bonds. The summed E-state index contributed by atoms with van der Waals surface area (Å²) in [6.07, 6.45) is 1.37. The Labute approximate surface area is 157 Å². The fraction of sp³-hybridized carbons (Fsp3) is 0.150. The van der Waals surface area contributed by atoms with Gasteiger partial charge in [-0.25, -0.2) is 9.97 Å². The van der Waals surface area contributed by atoms with Crippen molar-refractivity contribution in [1.29, 1.82) is 0 Å². The van der Waals surface area contributed by atoms with E-state index in [-0.39, 0.29) is 5.91 Å². The molecule has 0 atom stereocenters. The van der Waals surface area contributed by atoms with E-state index >= 15 is 0 Å². The average molecular weight is 367 g/mol. The highest BCUT2D eigenvalue weighted by Gasteiger charge is 2.10. The van der Waals surface area contributed by atoms with Crippen LogP contribution in [-0.4, -0.2) is 15.9 Å². The van der Waals surface area contributed by atoms with E-state index in [4.69, 9.17) is 11.6 Å². The smallest absolute Gasteiger partial charge is 0.270 e. The van der Waals surface area contributed by atoms with Crippen LogP contribution in [0, 0.1) is 13.8 Å². The van der Waals surface area contributed by atoms with Crippen LogP contribution in [0.2, 0.25) is 5.02 Å². The lowest BCUT2D eigenvalue weighted by molar-refractivity contribution is 0.0945. The highest BCUT2D eigenvalue weighted by molar-refractivity contribution is 6.30. The second-order valence-electron chi connectivity index (χ2n) is 5.98. The quantitative estimate of drug-likeness (QED) is 0.701. The van der Waals surface area contributed by atoms with E-state index in [0.717, 1.165) is 22.4 Å². The van der Waals surface area contributed by atoms with E-state index in [1.165, 1.54) is 6.33 Å². The first-order valence-electron chi connectivity index (χ1n) is 8.21. The van der Waals surface area contributed by atoms with Gasteiger partial charge in [-0.05, 0) is 48.7 Å². The number of amides is 1. The summed E-state index contributed by atoms with van der Waals surface area (Å²) in [5, 5.41) is 6.75. The number of hydrogen-bond donors (Lipinski definition) is 2. The number of hydrogen-bond acceptors (Lipinski definition) is 4. The summed E-state index contributed by atoms with van der Waals surface area (Å²) < 4.78 is 0. The SMILES string of the molecule is Cc1ccccc1CNC(=O)c1cc(Nc2ccc(Cl)cc2C)ncn1. The maximum Gasteiger partial charge on any atom is 0.270 e. The highest BCUT2D eigenvalue weighted by atomic mass is 35.5. The molecule has 2 aromatic carbocycles. The molecular weight excluding hydrogens is 348 g/mol. The Morgan fingerprint density at radius 3 is 2.62 bits per heavy atom. The molecule has 0 unspecified atom stereocenters. The predicted molar refractivity (Wildman–Crippen MR) is 104 cm³/mol. The summed E-state index contributed by atoms with van der Waals surface area (Å²) in [5.74, 6) is 0.304. The van der Waals surface area contributed by atoms with Crippen molar-refractivity contribution in [3.05, 3.63) is 82.3 Å². The minimum atomic E-state index is -0.244. The Bertz CT molecular complexity index is 943. The first kappa shape index (κ1) is 17.9. The van der Waals surface area contributed by atoms with Gasteiger partial charge in [-0.3, -0.25) is 4.79 Å². The van der Waals surface area contributed by atoms with Crippen LogP contribution in [0.15, 0.2) is 54.9 Å². The maximum atomic E-state index is 12.4. The van der Waals surface area contributed by atoms with Gasteiger partial charge in [-0.2, -0.15) is 0 Å². The number of benzene rings is 2. The molecule has 1 aromatic heterocycles. The second kappa shape index (κ2) is 7.97. The van der Waals surface area contributed by atoms with E-state index in [9.17, 15) is 4.79 Å². The fourth-order valence-electron chi connectivity index (χ4n) is 2.53. The lowest BCUT2D eigenvalue weighted by Gasteiger charge is -2.10. The average Bonchev–Trinajstić information content (AvgIpc) is 2.63. The summed E-state index contributed by atoms with van der Waals surface area (Å²) in [5.41, 5.74) is 4.38. The molecule has 0 spiro atoms. The van der Waals surface area contributed by atoms with Crippen molar-refractivity contribution in [2.24, 2.45) is 0 Å². The molecule has 1 heterocycles. The van der Waals surface area contributed by atoms with Gasteiger partial charge < -0.3 is 10.6 Å². The van der Waals surface area contributed by atoms with Crippen molar-refractivity contribution >= 4 is 29.0 Å². The standard InChI is InChI=1S/C20H19ClN4O/c1-13-5-3-4-6-15(13)11-22-20(26)18-10-19(24-12-23-18)25-17-8-7-16(21)9-14(17)2/h3-10,12H,11H2,1-2H3,(H,22,26)(H,23,24,25). The normalized spacial score (nSPS) is 10.4. The third kappa shape index (κ3) is 4.37. The number of carbonyl (C=O) groups excluding carboxylic acids is 1. The monoisotopic (exact) mass is 366 g/mol. The third-order valence-corrected chi connectivity index (χ3v) is 4.29. The number of aromatic nitrogens is 2. The Morgan fingerprint density at radius 2 is 1.85 bits per heavy atom. The van der Waals surface area contributed by atoms with Crippen molar-refractivity contribution in [2.45, 2.75) is 20.4 Å². The van der Waals surface area contributed by atoms with E-state index < -0.39 is 0 Å². The van der Waals surface area contributed by atoms with Crippen LogP contribution in [0.5, 0.6) is 0 Å². The lowest BCUT2D eigenvalue weighted by Crippen LogP contribution is -2.24. The van der Waals surface area contributed by atoms with E-state index in [1.807, 2.05) is 50.2 Å². The molecule has 0 fully saturated rings. The number of aryl methyl sites for hydroxylation is 2. The van der Waals surface area contributed by atoms with Crippen molar-refractivity contribution in [2.75, 3.05) is 5.32 Å². The van der Waals surface area contributed by atoms with Crippen LogP contribution in [0.4, 0.5) is 11.5 Å². The molecule has 132 valence electrons. The first-order valence-corrected chi connectivity index (χ1v) is 8.58. The summed E-state index contributed by atoms with van der Waals surface area (Å²) in [6, 6.07) is 15.1. The van der Waals surface area contributed by atoms with Crippen LogP contribution in [0.1, 0.15) is 27.2 Å². The van der Waals surface area contributed by atoms with Crippen molar-refractivity contribution in [3.63, 3.8) is 0 Å². The lowest BCUT2D eigenvalue weighted by atomic mass is 10.1. The van der Waals surface area contributed by atoms with Gasteiger partial charge in [0.1, 0.15) is 17.8 Å². The number of halogens is 1. The van der Waals surface area contributed by atoms with Crippen LogP contribution in [-0.2, 0) is 6.54 Å². The molecule has 0 aliphatic carbocycles. The molecule has 0 radical (unpaired) electrons. The molecule has 0 bridgehead atoms. The topological polar surface area (TPSA) is 66.9 Å². The summed E-state index contributed by atoms with van der Waals surface area (Å²) in [7, 11) is 0. The Balaban J connectivity index is 1.70. The van der Waals surface area contributed by atoms with Crippen LogP contribution >= 0.6 is 11.6 Å². The minimum absolute atomic E-state index is 0.244. The predicted octanol–water partition coefficient (Wildman–Crippen LogP) is 4.42. The largest absolute Gasteiger partial charge is 0.347 e. The zero-order valence-electron chi connectivity index (χ0n) is 14.6. The zero-order valence-corrected chi connectivity index (χ0v) is 15.3. The fourth-order valence-corrected chi connectivity index (χ4v) is 2.76. The van der Waals surface area contributed by atoms with Gasteiger partial charge in [0, 0.05) is 23.3 Å². The minimum Gasteiger partial charge on any atom is -0.347 e. The Hall–Kier alpha value is -2.92. The number of nitrogens with zero attached hydrogens (tertiary/aromatic N) is 2. The van der Waals surface area contributed by atoms with Crippen molar-refractivity contribution < 1.29 is 4.79 Å². The van der Waals surface area contributed by atoms with E-state index in [0.29, 0.717) is 23.1 Å². The summed E-state index contributed by atoms with van der Waals surface area (Å²) in [6.45, 7) is 4.42. The number of anilines is 2. The molecule has 0 aliphatic rings. The van der Waals surface area contributed by atoms with Gasteiger partial charge >= 0.3 is 0 Å². The van der Waals surface area contributed by atoms with E-state index in [1.54, 1.807) is 12.1 Å². The van der Waals surface area contributed by atoms with E-state index in [2.05, 4.69) is 20.6 Å². The highest BCUT2D eigenvalue weighted by Crippen LogP contribution is 2.22. The number of nitrogens with one attached hydrogen (secondary N) is 2. The summed E-state index contributed by atoms with van der Waals surface area (Å²) >= 11 is 5.98. The Kier molecular flexibility index (Phi) is 5.49. The van der Waals surface area contributed by atoms with Gasteiger partial charge in [-0.15, -0.1) is 0 Å². The van der Waals surface area contributed by atoms with Gasteiger partial charge in [0.05, 0.1) is 0 Å². The molecule has 2 N–H and O–H groups in total. The maximum absolute atomic E-state index is 12.4. The first-order chi connectivity index (χ1) is 12.5. The number of rotatable bonds is 5. The van der Waals surface area contributed by atoms with Crippen LogP contribution in [0.25, 0.3) is 0 Å². The van der Waals surface area contributed by atoms with Gasteiger partial charge in [0.2, 0.25) is 0 Å². The molecule has 0 saturated heterocycles. The molecule has 6 heteroatoms. The molecule has 3 rings (SSSR count). The molecule has 0 aliphatic heterocycles. The summed E-state index contributed by atoms with van der Waals surface area (Å²) in [4.78, 5) is 20.6. The molecular formula is C20H19ClN4O. The van der Waals surface area contributed by atoms with Crippen molar-refractivity contribution in [1.82, 2.24) is 15.3 Å².